The van der Waals surface area contributed by atoms with Gasteiger partial charge in [-0.15, -0.1) is 0 Å². The van der Waals surface area contributed by atoms with Gasteiger partial charge in [0.05, 0.1) is 30.9 Å². The molecule has 1 aliphatic carbocycles. The summed E-state index contributed by atoms with van der Waals surface area (Å²) in [5.74, 6) is 0.544. The number of esters is 1. The normalized spacial score (nSPS) is 26.4. The Hall–Kier alpha value is -1.40. The molecular formula is C14H22N2O4. The number of rotatable bonds is 6. The van der Waals surface area contributed by atoms with Crippen LogP contribution < -0.4 is 5.32 Å². The van der Waals surface area contributed by atoms with Crippen LogP contribution in [-0.2, 0) is 16.1 Å². The molecular weight excluding hydrogens is 260 g/mol. The van der Waals surface area contributed by atoms with Crippen molar-refractivity contribution in [2.45, 2.75) is 44.8 Å². The lowest BCUT2D eigenvalue weighted by Crippen LogP contribution is -2.44. The third kappa shape index (κ3) is 4.05. The molecule has 0 aromatic carbocycles. The standard InChI is InChI=1S/C14H22N2O4/c1-2-19-13(17)11-3-6-14(18,7-4-11)10-15-9-12-5-8-16-20-12/h5,8,11,15,18H,2-4,6-7,9-10H2,1H3. The zero-order valence-corrected chi connectivity index (χ0v) is 11.8. The van der Waals surface area contributed by atoms with Crippen LogP contribution in [0.15, 0.2) is 16.8 Å². The van der Waals surface area contributed by atoms with Crippen LogP contribution in [0, 0.1) is 5.92 Å². The summed E-state index contributed by atoms with van der Waals surface area (Å²) < 4.78 is 10.0. The second-order valence-electron chi connectivity index (χ2n) is 5.33. The zero-order chi connectivity index (χ0) is 14.4. The Morgan fingerprint density at radius 3 is 2.95 bits per heavy atom. The summed E-state index contributed by atoms with van der Waals surface area (Å²) in [7, 11) is 0. The lowest BCUT2D eigenvalue weighted by atomic mass is 9.79. The maximum atomic E-state index is 11.6. The van der Waals surface area contributed by atoms with Crippen molar-refractivity contribution in [2.24, 2.45) is 5.92 Å². The molecule has 0 radical (unpaired) electrons. The van der Waals surface area contributed by atoms with E-state index in [2.05, 4.69) is 10.5 Å². The predicted molar refractivity (Wildman–Crippen MR) is 71.8 cm³/mol. The molecule has 0 spiro atoms. The van der Waals surface area contributed by atoms with E-state index >= 15 is 0 Å². The molecule has 1 fully saturated rings. The highest BCUT2D eigenvalue weighted by Crippen LogP contribution is 2.32. The van der Waals surface area contributed by atoms with Gasteiger partial charge < -0.3 is 19.7 Å². The summed E-state index contributed by atoms with van der Waals surface area (Å²) in [6.45, 7) is 3.26. The molecule has 20 heavy (non-hydrogen) atoms. The summed E-state index contributed by atoms with van der Waals surface area (Å²) in [5.41, 5.74) is -0.747. The molecule has 2 N–H and O–H groups in total. The first kappa shape index (κ1) is 15.0. The smallest absolute Gasteiger partial charge is 0.308 e. The number of nitrogens with zero attached hydrogens (tertiary/aromatic N) is 1. The molecule has 0 atom stereocenters. The highest BCUT2D eigenvalue weighted by molar-refractivity contribution is 5.72. The topological polar surface area (TPSA) is 84.6 Å². The second-order valence-corrected chi connectivity index (χ2v) is 5.33. The van der Waals surface area contributed by atoms with Crippen LogP contribution in [0.4, 0.5) is 0 Å². The minimum Gasteiger partial charge on any atom is -0.466 e. The van der Waals surface area contributed by atoms with Gasteiger partial charge in [-0.3, -0.25) is 4.79 Å². The average molecular weight is 282 g/mol. The quantitative estimate of drug-likeness (QED) is 0.764. The number of nitrogens with one attached hydrogen (secondary N) is 1. The Morgan fingerprint density at radius 1 is 1.60 bits per heavy atom. The monoisotopic (exact) mass is 282 g/mol. The minimum atomic E-state index is -0.747. The number of carbonyl (C=O) groups excluding carboxylic acids is 1. The van der Waals surface area contributed by atoms with Crippen molar-refractivity contribution in [3.63, 3.8) is 0 Å². The molecule has 0 bridgehead atoms. The van der Waals surface area contributed by atoms with Gasteiger partial charge in [0, 0.05) is 12.6 Å². The van der Waals surface area contributed by atoms with Crippen molar-refractivity contribution in [3.05, 3.63) is 18.0 Å². The van der Waals surface area contributed by atoms with Crippen LogP contribution >= 0.6 is 0 Å². The largest absolute Gasteiger partial charge is 0.466 e. The molecule has 0 amide bonds. The lowest BCUT2D eigenvalue weighted by Gasteiger charge is -2.35. The van der Waals surface area contributed by atoms with E-state index in [0.29, 0.717) is 45.4 Å². The summed E-state index contributed by atoms with van der Waals surface area (Å²) in [4.78, 5) is 11.6. The molecule has 0 saturated heterocycles. The van der Waals surface area contributed by atoms with Crippen molar-refractivity contribution in [1.82, 2.24) is 10.5 Å². The molecule has 1 aromatic rings. The highest BCUT2D eigenvalue weighted by atomic mass is 16.5. The van der Waals surface area contributed by atoms with Gasteiger partial charge in [0.15, 0.2) is 0 Å². The van der Waals surface area contributed by atoms with Crippen LogP contribution in [0.5, 0.6) is 0 Å². The molecule has 112 valence electrons. The van der Waals surface area contributed by atoms with Crippen molar-refractivity contribution in [3.8, 4) is 0 Å². The fourth-order valence-corrected chi connectivity index (χ4v) is 2.58. The van der Waals surface area contributed by atoms with Crippen LogP contribution in [0.3, 0.4) is 0 Å². The first-order valence-corrected chi connectivity index (χ1v) is 7.12. The van der Waals surface area contributed by atoms with Crippen LogP contribution in [0.1, 0.15) is 38.4 Å². The Labute approximate surface area is 118 Å². The van der Waals surface area contributed by atoms with E-state index in [1.165, 1.54) is 0 Å². The molecule has 0 aliphatic heterocycles. The summed E-state index contributed by atoms with van der Waals surface area (Å²) in [6.07, 6.45) is 4.18. The van der Waals surface area contributed by atoms with Crippen LogP contribution in [0.2, 0.25) is 0 Å². The number of carbonyl (C=O) groups is 1. The first-order valence-electron chi connectivity index (χ1n) is 7.12. The number of aliphatic hydroxyl groups is 1. The second kappa shape index (κ2) is 6.85. The SMILES string of the molecule is CCOC(=O)C1CCC(O)(CNCc2ccno2)CC1. The Morgan fingerprint density at radius 2 is 2.35 bits per heavy atom. The number of hydrogen-bond donors (Lipinski definition) is 2. The van der Waals surface area contributed by atoms with Crippen LogP contribution in [-0.4, -0.2) is 35.0 Å². The summed E-state index contributed by atoms with van der Waals surface area (Å²) in [5, 5.41) is 17.3. The molecule has 2 rings (SSSR count). The molecule has 1 aliphatic rings. The number of hydrogen-bond acceptors (Lipinski definition) is 6. The van der Waals surface area contributed by atoms with Gasteiger partial charge in [0.1, 0.15) is 5.76 Å². The van der Waals surface area contributed by atoms with E-state index in [1.54, 1.807) is 12.3 Å². The number of aromatic nitrogens is 1. The third-order valence-corrected chi connectivity index (χ3v) is 3.78. The van der Waals surface area contributed by atoms with Gasteiger partial charge in [0.2, 0.25) is 0 Å². The summed E-state index contributed by atoms with van der Waals surface area (Å²) >= 11 is 0. The molecule has 0 unspecified atom stereocenters. The number of ether oxygens (including phenoxy) is 1. The fourth-order valence-electron chi connectivity index (χ4n) is 2.58. The van der Waals surface area contributed by atoms with Crippen molar-refractivity contribution in [1.29, 1.82) is 0 Å². The maximum Gasteiger partial charge on any atom is 0.308 e. The van der Waals surface area contributed by atoms with Crippen molar-refractivity contribution in [2.75, 3.05) is 13.2 Å². The predicted octanol–water partition coefficient (Wildman–Crippen LogP) is 1.25. The van der Waals surface area contributed by atoms with Gasteiger partial charge >= 0.3 is 5.97 Å². The molecule has 6 nitrogen and oxygen atoms in total. The fraction of sp³-hybridized carbons (Fsp3) is 0.714. The van der Waals surface area contributed by atoms with Gasteiger partial charge in [0.25, 0.3) is 0 Å². The molecule has 1 aromatic heterocycles. The van der Waals surface area contributed by atoms with E-state index < -0.39 is 5.60 Å². The maximum absolute atomic E-state index is 11.6. The Balaban J connectivity index is 1.72. The Bertz CT molecular complexity index is 411. The van der Waals surface area contributed by atoms with E-state index in [-0.39, 0.29) is 11.9 Å². The van der Waals surface area contributed by atoms with Crippen LogP contribution in [0.25, 0.3) is 0 Å². The van der Waals surface area contributed by atoms with E-state index in [4.69, 9.17) is 9.26 Å². The van der Waals surface area contributed by atoms with Gasteiger partial charge in [-0.05, 0) is 32.6 Å². The third-order valence-electron chi connectivity index (χ3n) is 3.78. The van der Waals surface area contributed by atoms with Gasteiger partial charge in [-0.25, -0.2) is 0 Å². The van der Waals surface area contributed by atoms with Gasteiger partial charge in [-0.2, -0.15) is 0 Å². The highest BCUT2D eigenvalue weighted by Gasteiger charge is 2.36. The summed E-state index contributed by atoms with van der Waals surface area (Å²) in [6, 6.07) is 1.79. The Kier molecular flexibility index (Phi) is 5.14. The molecule has 1 heterocycles. The van der Waals surface area contributed by atoms with E-state index in [9.17, 15) is 9.90 Å². The molecule has 1 saturated carbocycles. The lowest BCUT2D eigenvalue weighted by molar-refractivity contribution is -0.151. The zero-order valence-electron chi connectivity index (χ0n) is 11.8. The first-order chi connectivity index (χ1) is 9.63. The average Bonchev–Trinajstić information content (AvgIpc) is 2.93. The molecule has 6 heteroatoms. The minimum absolute atomic E-state index is 0.0653. The van der Waals surface area contributed by atoms with Crippen molar-refractivity contribution >= 4 is 5.97 Å². The van der Waals surface area contributed by atoms with Crippen molar-refractivity contribution < 1.29 is 19.2 Å². The van der Waals surface area contributed by atoms with Gasteiger partial charge in [-0.1, -0.05) is 5.16 Å². The van der Waals surface area contributed by atoms with E-state index in [0.717, 1.165) is 5.76 Å². The van der Waals surface area contributed by atoms with E-state index in [1.807, 2.05) is 6.92 Å².